The van der Waals surface area contributed by atoms with E-state index < -0.39 is 0 Å². The number of guanidine groups is 1. The zero-order valence-electron chi connectivity index (χ0n) is 19.4. The highest BCUT2D eigenvalue weighted by Crippen LogP contribution is 2.28. The third kappa shape index (κ3) is 6.33. The number of nitrogens with one attached hydrogen (secondary N) is 1. The molecule has 1 saturated heterocycles. The Labute approximate surface area is 190 Å². The fourth-order valence-corrected chi connectivity index (χ4v) is 4.78. The summed E-state index contributed by atoms with van der Waals surface area (Å²) in [6.45, 7) is 12.8. The molecule has 1 aromatic heterocycles. The predicted molar refractivity (Wildman–Crippen MR) is 128 cm³/mol. The summed E-state index contributed by atoms with van der Waals surface area (Å²) in [5.41, 5.74) is 2.38. The maximum atomic E-state index is 5.44. The second kappa shape index (κ2) is 11.3. The number of aromatic nitrogens is 1. The van der Waals surface area contributed by atoms with Gasteiger partial charge in [-0.2, -0.15) is 0 Å². The van der Waals surface area contributed by atoms with Crippen LogP contribution in [-0.4, -0.2) is 74.2 Å². The molecule has 2 heterocycles. The van der Waals surface area contributed by atoms with Crippen molar-refractivity contribution in [1.82, 2.24) is 20.1 Å². The zero-order valence-corrected chi connectivity index (χ0v) is 20.2. The van der Waals surface area contributed by atoms with Crippen LogP contribution in [0.15, 0.2) is 23.2 Å². The van der Waals surface area contributed by atoms with Crippen molar-refractivity contribution in [1.29, 1.82) is 0 Å². The van der Waals surface area contributed by atoms with E-state index >= 15 is 0 Å². The molecule has 0 radical (unpaired) electrons. The molecular weight excluding hydrogens is 410 g/mol. The van der Waals surface area contributed by atoms with E-state index in [9.17, 15) is 0 Å². The molecule has 7 nitrogen and oxygen atoms in total. The molecule has 0 atom stereocenters. The summed E-state index contributed by atoms with van der Waals surface area (Å²) in [6, 6.07) is 6.16. The minimum atomic E-state index is 0.770. The molecule has 1 aliphatic heterocycles. The second-order valence-corrected chi connectivity index (χ2v) is 8.97. The lowest BCUT2D eigenvalue weighted by molar-refractivity contribution is 0.172. The van der Waals surface area contributed by atoms with E-state index in [0.29, 0.717) is 0 Å². The van der Waals surface area contributed by atoms with E-state index in [2.05, 4.69) is 53.0 Å². The lowest BCUT2D eigenvalue weighted by Crippen LogP contribution is -2.52. The number of aryl methyl sites for hydroxylation is 2. The van der Waals surface area contributed by atoms with Gasteiger partial charge < -0.3 is 19.7 Å². The summed E-state index contributed by atoms with van der Waals surface area (Å²) in [7, 11) is 3.35. The van der Waals surface area contributed by atoms with Crippen LogP contribution in [0, 0.1) is 13.8 Å². The maximum Gasteiger partial charge on any atom is 0.194 e. The number of aliphatic imine (C=N–C) groups is 1. The predicted octanol–water partition coefficient (Wildman–Crippen LogP) is 3.10. The number of methoxy groups -OCH3 is 2. The number of ether oxygens (including phenoxy) is 2. The zero-order chi connectivity index (χ0) is 22.2. The Morgan fingerprint density at radius 1 is 1.13 bits per heavy atom. The molecule has 2 aromatic rings. The number of piperazine rings is 1. The molecule has 1 aromatic carbocycles. The smallest absolute Gasteiger partial charge is 0.194 e. The van der Waals surface area contributed by atoms with Gasteiger partial charge in [0.2, 0.25) is 0 Å². The highest BCUT2D eigenvalue weighted by atomic mass is 32.1. The average molecular weight is 446 g/mol. The van der Waals surface area contributed by atoms with Crippen molar-refractivity contribution in [2.24, 2.45) is 4.99 Å². The van der Waals surface area contributed by atoms with E-state index in [1.807, 2.05) is 6.07 Å². The minimum absolute atomic E-state index is 0.770. The first-order valence-corrected chi connectivity index (χ1v) is 11.7. The highest BCUT2D eigenvalue weighted by Gasteiger charge is 2.20. The third-order valence-electron chi connectivity index (χ3n) is 5.46. The first-order valence-electron chi connectivity index (χ1n) is 10.9. The fourth-order valence-electron chi connectivity index (χ4n) is 3.85. The molecule has 0 bridgehead atoms. The van der Waals surface area contributed by atoms with Crippen molar-refractivity contribution >= 4 is 17.3 Å². The molecule has 0 unspecified atom stereocenters. The van der Waals surface area contributed by atoms with E-state index in [1.165, 1.54) is 10.4 Å². The number of hydrogen-bond donors (Lipinski definition) is 1. The normalized spacial score (nSPS) is 15.3. The molecule has 0 spiro atoms. The third-order valence-corrected chi connectivity index (χ3v) is 6.59. The van der Waals surface area contributed by atoms with Crippen LogP contribution in [0.2, 0.25) is 0 Å². The number of benzene rings is 1. The molecule has 3 rings (SSSR count). The van der Waals surface area contributed by atoms with Gasteiger partial charge in [-0.05, 0) is 38.5 Å². The van der Waals surface area contributed by atoms with Crippen LogP contribution in [0.5, 0.6) is 11.5 Å². The van der Waals surface area contributed by atoms with E-state index in [4.69, 9.17) is 14.5 Å². The van der Waals surface area contributed by atoms with Gasteiger partial charge in [0.15, 0.2) is 17.5 Å². The van der Waals surface area contributed by atoms with Crippen LogP contribution in [0.25, 0.3) is 0 Å². The fraction of sp³-hybridized carbons (Fsp3) is 0.565. The van der Waals surface area contributed by atoms with Crippen molar-refractivity contribution in [2.45, 2.75) is 33.7 Å². The Hall–Kier alpha value is -2.32. The average Bonchev–Trinajstić information content (AvgIpc) is 3.10. The van der Waals surface area contributed by atoms with Gasteiger partial charge in [-0.15, -0.1) is 11.3 Å². The molecule has 1 N–H and O–H groups in total. The van der Waals surface area contributed by atoms with Crippen LogP contribution in [0.1, 0.15) is 28.1 Å². The Morgan fingerprint density at radius 3 is 2.48 bits per heavy atom. The molecule has 0 amide bonds. The van der Waals surface area contributed by atoms with Gasteiger partial charge in [-0.3, -0.25) is 9.89 Å². The molecule has 8 heteroatoms. The molecule has 31 heavy (non-hydrogen) atoms. The Bertz CT molecular complexity index is 875. The van der Waals surface area contributed by atoms with Crippen LogP contribution < -0.4 is 14.8 Å². The SMILES string of the molecule is CCNC(=NCCc1sc(C)nc1C)N1CCN(Cc2ccc(OC)c(OC)c2)CC1. The van der Waals surface area contributed by atoms with Crippen molar-refractivity contribution in [3.05, 3.63) is 39.3 Å². The largest absolute Gasteiger partial charge is 0.493 e. The van der Waals surface area contributed by atoms with Gasteiger partial charge >= 0.3 is 0 Å². The first kappa shape index (κ1) is 23.3. The lowest BCUT2D eigenvalue weighted by atomic mass is 10.1. The van der Waals surface area contributed by atoms with Crippen molar-refractivity contribution < 1.29 is 9.47 Å². The van der Waals surface area contributed by atoms with Gasteiger partial charge in [-0.25, -0.2) is 4.98 Å². The topological polar surface area (TPSA) is 62.2 Å². The second-order valence-electron chi connectivity index (χ2n) is 7.68. The van der Waals surface area contributed by atoms with Gasteiger partial charge in [0.05, 0.1) is 24.9 Å². The van der Waals surface area contributed by atoms with Crippen molar-refractivity contribution in [3.63, 3.8) is 0 Å². The summed E-state index contributed by atoms with van der Waals surface area (Å²) in [5.74, 6) is 2.57. The summed E-state index contributed by atoms with van der Waals surface area (Å²) >= 11 is 1.78. The maximum absolute atomic E-state index is 5.44. The Kier molecular flexibility index (Phi) is 8.54. The van der Waals surface area contributed by atoms with Gasteiger partial charge in [0.1, 0.15) is 0 Å². The van der Waals surface area contributed by atoms with E-state index in [0.717, 1.165) is 80.4 Å². The summed E-state index contributed by atoms with van der Waals surface area (Å²) in [5, 5.41) is 4.60. The van der Waals surface area contributed by atoms with Crippen molar-refractivity contribution in [3.8, 4) is 11.5 Å². The Morgan fingerprint density at radius 2 is 1.87 bits per heavy atom. The number of thiazole rings is 1. The number of nitrogens with zero attached hydrogens (tertiary/aromatic N) is 4. The van der Waals surface area contributed by atoms with Crippen LogP contribution in [-0.2, 0) is 13.0 Å². The van der Waals surface area contributed by atoms with Gasteiger partial charge in [0, 0.05) is 57.1 Å². The lowest BCUT2D eigenvalue weighted by Gasteiger charge is -2.36. The quantitative estimate of drug-likeness (QED) is 0.498. The van der Waals surface area contributed by atoms with Crippen LogP contribution >= 0.6 is 11.3 Å². The highest BCUT2D eigenvalue weighted by molar-refractivity contribution is 7.11. The minimum Gasteiger partial charge on any atom is -0.493 e. The molecule has 0 aliphatic carbocycles. The van der Waals surface area contributed by atoms with Gasteiger partial charge in [0.25, 0.3) is 0 Å². The summed E-state index contributed by atoms with van der Waals surface area (Å²) in [4.78, 5) is 15.6. The number of rotatable bonds is 8. The van der Waals surface area contributed by atoms with Crippen LogP contribution in [0.3, 0.4) is 0 Å². The molecule has 1 fully saturated rings. The summed E-state index contributed by atoms with van der Waals surface area (Å²) in [6.07, 6.45) is 0.950. The standard InChI is InChI=1S/C23H35N5O2S/c1-6-24-23(25-10-9-22-17(2)26-18(3)31-22)28-13-11-27(12-14-28)16-19-7-8-20(29-4)21(15-19)30-5/h7-8,15H,6,9-14,16H2,1-5H3,(H,24,25). The molecule has 0 saturated carbocycles. The van der Waals surface area contributed by atoms with Gasteiger partial charge in [-0.1, -0.05) is 6.07 Å². The van der Waals surface area contributed by atoms with E-state index in [-0.39, 0.29) is 0 Å². The Balaban J connectivity index is 1.54. The monoisotopic (exact) mass is 445 g/mol. The molecular formula is C23H35N5O2S. The molecule has 1 aliphatic rings. The van der Waals surface area contributed by atoms with Crippen molar-refractivity contribution in [2.75, 3.05) is 53.5 Å². The first-order chi connectivity index (χ1) is 15.0. The molecule has 170 valence electrons. The van der Waals surface area contributed by atoms with Crippen LogP contribution in [0.4, 0.5) is 0 Å². The summed E-state index contributed by atoms with van der Waals surface area (Å²) < 4.78 is 10.8. The number of hydrogen-bond acceptors (Lipinski definition) is 6. The van der Waals surface area contributed by atoms with E-state index in [1.54, 1.807) is 25.6 Å².